The van der Waals surface area contributed by atoms with Crippen molar-refractivity contribution in [3.05, 3.63) is 58.1 Å². The highest BCUT2D eigenvalue weighted by Crippen LogP contribution is 2.51. The average Bonchev–Trinajstić information content (AvgIpc) is 2.84. The van der Waals surface area contributed by atoms with Gasteiger partial charge in [-0.3, -0.25) is 19.8 Å². The Morgan fingerprint density at radius 1 is 1.18 bits per heavy atom. The number of fused-ring (bicyclic) bond motifs is 1. The minimum Gasteiger partial charge on any atom is -0.497 e. The Labute approximate surface area is 198 Å². The van der Waals surface area contributed by atoms with Gasteiger partial charge >= 0.3 is 0 Å². The Kier molecular flexibility index (Phi) is 7.04. The average molecular weight is 470 g/mol. The molecule has 4 rings (SSSR count). The number of piperidine rings is 1. The van der Waals surface area contributed by atoms with Crippen LogP contribution in [0.5, 0.6) is 11.5 Å². The van der Waals surface area contributed by atoms with Crippen molar-refractivity contribution in [1.82, 2.24) is 4.90 Å². The number of carbonyl (C=O) groups excluding carboxylic acids is 1. The van der Waals surface area contributed by atoms with Gasteiger partial charge in [-0.2, -0.15) is 0 Å². The van der Waals surface area contributed by atoms with Gasteiger partial charge in [-0.1, -0.05) is 12.8 Å². The van der Waals surface area contributed by atoms with Crippen molar-refractivity contribution in [3.63, 3.8) is 0 Å². The fourth-order valence-electron chi connectivity index (χ4n) is 5.46. The first-order valence-electron chi connectivity index (χ1n) is 11.6. The summed E-state index contributed by atoms with van der Waals surface area (Å²) in [5, 5.41) is 25.2. The van der Waals surface area contributed by atoms with E-state index >= 15 is 0 Å². The van der Waals surface area contributed by atoms with Gasteiger partial charge in [0, 0.05) is 41.9 Å². The Hall–Kier alpha value is -3.17. The number of hydrogen-bond donors (Lipinski definition) is 2. The second-order valence-electron chi connectivity index (χ2n) is 9.08. The van der Waals surface area contributed by atoms with Crippen molar-refractivity contribution in [2.75, 3.05) is 32.6 Å². The zero-order valence-electron chi connectivity index (χ0n) is 19.5. The van der Waals surface area contributed by atoms with E-state index in [0.29, 0.717) is 30.2 Å². The van der Waals surface area contributed by atoms with Crippen LogP contribution in [0.3, 0.4) is 0 Å². The molecule has 3 atom stereocenters. The first kappa shape index (κ1) is 24.0. The van der Waals surface area contributed by atoms with Crippen LogP contribution in [0, 0.1) is 16.0 Å². The Morgan fingerprint density at radius 2 is 1.94 bits per heavy atom. The monoisotopic (exact) mass is 469 g/mol. The molecule has 2 N–H and O–H groups in total. The number of amides is 1. The van der Waals surface area contributed by atoms with Crippen molar-refractivity contribution in [1.29, 1.82) is 0 Å². The van der Waals surface area contributed by atoms with E-state index in [-0.39, 0.29) is 30.1 Å². The van der Waals surface area contributed by atoms with Crippen molar-refractivity contribution in [3.8, 4) is 11.5 Å². The molecule has 0 aromatic heterocycles. The van der Waals surface area contributed by atoms with Gasteiger partial charge in [-0.15, -0.1) is 0 Å². The highest BCUT2D eigenvalue weighted by atomic mass is 16.6. The van der Waals surface area contributed by atoms with Gasteiger partial charge in [0.25, 0.3) is 5.69 Å². The van der Waals surface area contributed by atoms with Crippen molar-refractivity contribution in [2.45, 2.75) is 43.7 Å². The summed E-state index contributed by atoms with van der Waals surface area (Å²) in [6, 6.07) is 11.2. The smallest absolute Gasteiger partial charge is 0.269 e. The van der Waals surface area contributed by atoms with Crippen LogP contribution in [0.15, 0.2) is 42.5 Å². The highest BCUT2D eigenvalue weighted by molar-refractivity contribution is 5.92. The number of likely N-dealkylation sites (tertiary alicyclic amines) is 1. The lowest BCUT2D eigenvalue weighted by Crippen LogP contribution is -2.56. The Morgan fingerprint density at radius 3 is 2.62 bits per heavy atom. The number of ether oxygens (including phenoxy) is 2. The first-order valence-corrected chi connectivity index (χ1v) is 11.6. The zero-order chi connectivity index (χ0) is 24.3. The molecule has 0 bridgehead atoms. The van der Waals surface area contributed by atoms with Crippen LogP contribution in [0.1, 0.15) is 43.7 Å². The highest BCUT2D eigenvalue weighted by Gasteiger charge is 2.50. The fraction of sp³-hybridized carbons (Fsp3) is 0.480. The van der Waals surface area contributed by atoms with E-state index in [2.05, 4.69) is 10.2 Å². The van der Waals surface area contributed by atoms with Gasteiger partial charge in [-0.25, -0.2) is 0 Å². The third kappa shape index (κ3) is 4.85. The summed E-state index contributed by atoms with van der Waals surface area (Å²) in [4.78, 5) is 25.5. The summed E-state index contributed by atoms with van der Waals surface area (Å²) in [6.45, 7) is 0.681. The van der Waals surface area contributed by atoms with Crippen molar-refractivity contribution in [2.24, 2.45) is 5.92 Å². The molecule has 1 amide bonds. The van der Waals surface area contributed by atoms with E-state index in [1.54, 1.807) is 14.2 Å². The summed E-state index contributed by atoms with van der Waals surface area (Å²) in [5.41, 5.74) is 0.589. The lowest BCUT2D eigenvalue weighted by atomic mass is 9.66. The normalized spacial score (nSPS) is 24.7. The number of aliphatic hydroxyl groups is 1. The van der Waals surface area contributed by atoms with Crippen LogP contribution >= 0.6 is 0 Å². The van der Waals surface area contributed by atoms with Crippen LogP contribution in [0.4, 0.5) is 11.4 Å². The maximum atomic E-state index is 13.0. The van der Waals surface area contributed by atoms with E-state index in [0.717, 1.165) is 31.2 Å². The maximum Gasteiger partial charge on any atom is 0.269 e. The van der Waals surface area contributed by atoms with E-state index in [1.165, 1.54) is 24.3 Å². The number of methoxy groups -OCH3 is 2. The lowest BCUT2D eigenvalue weighted by Gasteiger charge is -2.52. The number of nitrogens with zero attached hydrogens (tertiary/aromatic N) is 2. The maximum absolute atomic E-state index is 13.0. The summed E-state index contributed by atoms with van der Waals surface area (Å²) in [6.07, 6.45) is 4.24. The second-order valence-corrected chi connectivity index (χ2v) is 9.08. The van der Waals surface area contributed by atoms with Gasteiger partial charge in [-0.05, 0) is 49.6 Å². The summed E-state index contributed by atoms with van der Waals surface area (Å²) >= 11 is 0. The number of benzene rings is 2. The molecule has 2 aromatic rings. The number of nitro groups is 1. The van der Waals surface area contributed by atoms with Gasteiger partial charge in [0.1, 0.15) is 11.5 Å². The van der Waals surface area contributed by atoms with E-state index in [1.807, 2.05) is 18.2 Å². The molecular weight excluding hydrogens is 438 g/mol. The molecule has 1 heterocycles. The number of non-ortho nitro benzene ring substituents is 1. The van der Waals surface area contributed by atoms with Crippen molar-refractivity contribution < 1.29 is 24.3 Å². The van der Waals surface area contributed by atoms with E-state index < -0.39 is 10.5 Å². The summed E-state index contributed by atoms with van der Waals surface area (Å²) in [7, 11) is 3.23. The molecule has 1 saturated carbocycles. The standard InChI is InChI=1S/C25H31N3O6/c1-33-19-10-11-22(34-2)20(15-19)24-21-5-3-4-12-25(21,30)13-14-27(24)16-23(29)26-17-6-8-18(9-7-17)28(31)32/h6-11,15,21,24,30H,3-5,12-14,16H2,1-2H3,(H,26,29)/t21-,24-,25-/m0/s1. The Bertz CT molecular complexity index is 1040. The molecular formula is C25H31N3O6. The van der Waals surface area contributed by atoms with Gasteiger partial charge in [0.15, 0.2) is 0 Å². The van der Waals surface area contributed by atoms with Gasteiger partial charge in [0.2, 0.25) is 5.91 Å². The number of carbonyl (C=O) groups is 1. The number of rotatable bonds is 7. The molecule has 1 aliphatic carbocycles. The predicted octanol–water partition coefficient (Wildman–Crippen LogP) is 3.92. The fourth-order valence-corrected chi connectivity index (χ4v) is 5.46. The lowest BCUT2D eigenvalue weighted by molar-refractivity contribution is -0.384. The van der Waals surface area contributed by atoms with Crippen LogP contribution in [0.25, 0.3) is 0 Å². The predicted molar refractivity (Wildman–Crippen MR) is 127 cm³/mol. The molecule has 1 aliphatic heterocycles. The largest absolute Gasteiger partial charge is 0.497 e. The van der Waals surface area contributed by atoms with Gasteiger partial charge in [0.05, 0.1) is 31.3 Å². The molecule has 2 fully saturated rings. The van der Waals surface area contributed by atoms with Crippen LogP contribution in [-0.2, 0) is 4.79 Å². The SMILES string of the molecule is COc1ccc(OC)c([C@H]2[C@@H]3CCCC[C@]3(O)CCN2CC(=O)Nc2ccc([N+](=O)[O-])cc2)c1. The Balaban J connectivity index is 1.61. The van der Waals surface area contributed by atoms with Crippen LogP contribution < -0.4 is 14.8 Å². The summed E-state index contributed by atoms with van der Waals surface area (Å²) < 4.78 is 11.1. The minimum atomic E-state index is -0.775. The van der Waals surface area contributed by atoms with Crippen molar-refractivity contribution >= 4 is 17.3 Å². The molecule has 0 unspecified atom stereocenters. The number of anilines is 1. The first-order chi connectivity index (χ1) is 16.3. The second kappa shape index (κ2) is 9.99. The molecule has 1 saturated heterocycles. The number of hydrogen-bond acceptors (Lipinski definition) is 7. The van der Waals surface area contributed by atoms with E-state index in [4.69, 9.17) is 9.47 Å². The quantitative estimate of drug-likeness (QED) is 0.467. The zero-order valence-corrected chi connectivity index (χ0v) is 19.5. The third-order valence-electron chi connectivity index (χ3n) is 7.14. The number of nitrogens with one attached hydrogen (secondary N) is 1. The van der Waals surface area contributed by atoms with Crippen LogP contribution in [-0.4, -0.2) is 53.7 Å². The van der Waals surface area contributed by atoms with Gasteiger partial charge < -0.3 is 19.9 Å². The molecule has 0 radical (unpaired) electrons. The number of nitro benzene ring substituents is 1. The molecule has 9 heteroatoms. The summed E-state index contributed by atoms with van der Waals surface area (Å²) in [5.74, 6) is 1.13. The molecule has 2 aromatic carbocycles. The molecule has 9 nitrogen and oxygen atoms in total. The van der Waals surface area contributed by atoms with Crippen LogP contribution in [0.2, 0.25) is 0 Å². The molecule has 34 heavy (non-hydrogen) atoms. The molecule has 2 aliphatic rings. The minimum absolute atomic E-state index is 0.0317. The molecule has 182 valence electrons. The van der Waals surface area contributed by atoms with E-state index in [9.17, 15) is 20.0 Å². The topological polar surface area (TPSA) is 114 Å². The third-order valence-corrected chi connectivity index (χ3v) is 7.14. The molecule has 0 spiro atoms.